The molecule has 2 aromatic rings. The summed E-state index contributed by atoms with van der Waals surface area (Å²) in [4.78, 5) is 24.4. The summed E-state index contributed by atoms with van der Waals surface area (Å²) in [6.45, 7) is 3.55. The zero-order chi connectivity index (χ0) is 17.7. The van der Waals surface area contributed by atoms with Gasteiger partial charge in [0.05, 0.1) is 5.57 Å². The fourth-order valence-electron chi connectivity index (χ4n) is 2.05. The van der Waals surface area contributed by atoms with E-state index in [1.165, 1.54) is 31.3 Å². The maximum absolute atomic E-state index is 13.2. The molecule has 2 aromatic carbocycles. The van der Waals surface area contributed by atoms with Crippen molar-refractivity contribution in [1.29, 1.82) is 0 Å². The summed E-state index contributed by atoms with van der Waals surface area (Å²) >= 11 is 5.86. The van der Waals surface area contributed by atoms with E-state index in [1.807, 2.05) is 0 Å². The zero-order valence-electron chi connectivity index (χ0n) is 13.0. The molecule has 0 bridgehead atoms. The van der Waals surface area contributed by atoms with Gasteiger partial charge in [-0.1, -0.05) is 42.4 Å². The smallest absolute Gasteiger partial charge is 0.254 e. The van der Waals surface area contributed by atoms with Crippen molar-refractivity contribution in [1.82, 2.24) is 5.32 Å². The van der Waals surface area contributed by atoms with Crippen molar-refractivity contribution >= 4 is 34.9 Å². The Bertz CT molecular complexity index is 808. The van der Waals surface area contributed by atoms with Crippen LogP contribution in [0.3, 0.4) is 0 Å². The monoisotopic (exact) mass is 343 g/mol. The summed E-state index contributed by atoms with van der Waals surface area (Å²) in [5.41, 5.74) is 1.26. The average Bonchev–Trinajstić information content (AvgIpc) is 2.60. The lowest BCUT2D eigenvalue weighted by molar-refractivity contribution is -0.120. The molecule has 1 N–H and O–H groups in total. The summed E-state index contributed by atoms with van der Waals surface area (Å²) < 4.78 is 13.2. The van der Waals surface area contributed by atoms with E-state index in [1.54, 1.807) is 30.3 Å². The third-order valence-electron chi connectivity index (χ3n) is 3.36. The molecule has 0 saturated heterocycles. The maximum Gasteiger partial charge on any atom is 0.254 e. The molecule has 24 heavy (non-hydrogen) atoms. The van der Waals surface area contributed by atoms with E-state index in [2.05, 4.69) is 11.9 Å². The number of halogens is 2. The van der Waals surface area contributed by atoms with Gasteiger partial charge in [0.15, 0.2) is 5.78 Å². The van der Waals surface area contributed by atoms with Gasteiger partial charge in [0.1, 0.15) is 5.82 Å². The maximum atomic E-state index is 13.2. The van der Waals surface area contributed by atoms with Crippen LogP contribution in [0.5, 0.6) is 0 Å². The SMILES string of the molecule is C=C(C(=O)NC)C(=O)/C(=C/c1ccc(Cl)cc1)c1ccc(F)cc1. The number of hydrogen-bond acceptors (Lipinski definition) is 2. The van der Waals surface area contributed by atoms with Crippen LogP contribution in [-0.2, 0) is 9.59 Å². The Hall–Kier alpha value is -2.72. The Morgan fingerprint density at radius 1 is 1.08 bits per heavy atom. The predicted molar refractivity (Wildman–Crippen MR) is 93.9 cm³/mol. The Kier molecular flexibility index (Phi) is 5.66. The molecule has 0 aliphatic rings. The van der Waals surface area contributed by atoms with Crippen LogP contribution in [0.15, 0.2) is 60.7 Å². The van der Waals surface area contributed by atoms with E-state index in [-0.39, 0.29) is 11.1 Å². The minimum Gasteiger partial charge on any atom is -0.355 e. The van der Waals surface area contributed by atoms with Gasteiger partial charge in [0.25, 0.3) is 5.91 Å². The molecule has 0 radical (unpaired) electrons. The molecule has 0 fully saturated rings. The van der Waals surface area contributed by atoms with E-state index in [4.69, 9.17) is 11.6 Å². The lowest BCUT2D eigenvalue weighted by atomic mass is 9.95. The molecule has 0 heterocycles. The van der Waals surface area contributed by atoms with Crippen molar-refractivity contribution in [2.75, 3.05) is 7.05 Å². The van der Waals surface area contributed by atoms with Gasteiger partial charge in [-0.3, -0.25) is 9.59 Å². The van der Waals surface area contributed by atoms with Crippen LogP contribution in [0, 0.1) is 5.82 Å². The molecule has 1 amide bonds. The van der Waals surface area contributed by atoms with Crippen molar-refractivity contribution < 1.29 is 14.0 Å². The van der Waals surface area contributed by atoms with Gasteiger partial charge < -0.3 is 5.32 Å². The summed E-state index contributed by atoms with van der Waals surface area (Å²) in [7, 11) is 1.42. The van der Waals surface area contributed by atoms with E-state index in [0.29, 0.717) is 10.6 Å². The number of carbonyl (C=O) groups is 2. The quantitative estimate of drug-likeness (QED) is 0.387. The summed E-state index contributed by atoms with van der Waals surface area (Å²) in [5, 5.41) is 2.93. The molecule has 2 rings (SSSR count). The molecular formula is C19H15ClFNO2. The Balaban J connectivity index is 2.50. The molecule has 5 heteroatoms. The van der Waals surface area contributed by atoms with Gasteiger partial charge in [-0.15, -0.1) is 0 Å². The van der Waals surface area contributed by atoms with Gasteiger partial charge in [0, 0.05) is 17.6 Å². The van der Waals surface area contributed by atoms with Crippen LogP contribution in [-0.4, -0.2) is 18.7 Å². The second kappa shape index (κ2) is 7.70. The minimum absolute atomic E-state index is 0.193. The number of carbonyl (C=O) groups excluding carboxylic acids is 2. The first-order valence-electron chi connectivity index (χ1n) is 7.11. The van der Waals surface area contributed by atoms with Gasteiger partial charge in [-0.05, 0) is 41.5 Å². The Morgan fingerprint density at radius 3 is 2.21 bits per heavy atom. The highest BCUT2D eigenvalue weighted by Gasteiger charge is 2.20. The highest BCUT2D eigenvalue weighted by Crippen LogP contribution is 2.23. The number of nitrogens with one attached hydrogen (secondary N) is 1. The highest BCUT2D eigenvalue weighted by atomic mass is 35.5. The number of benzene rings is 2. The van der Waals surface area contributed by atoms with Crippen molar-refractivity contribution in [3.05, 3.63) is 82.6 Å². The Morgan fingerprint density at radius 2 is 1.67 bits per heavy atom. The largest absolute Gasteiger partial charge is 0.355 e. The number of amides is 1. The first-order valence-corrected chi connectivity index (χ1v) is 7.49. The second-order valence-electron chi connectivity index (χ2n) is 5.00. The fourth-order valence-corrected chi connectivity index (χ4v) is 2.18. The lowest BCUT2D eigenvalue weighted by Gasteiger charge is -2.09. The molecule has 0 spiro atoms. The fraction of sp³-hybridized carbons (Fsp3) is 0.0526. The molecule has 122 valence electrons. The first kappa shape index (κ1) is 17.6. The number of ketones is 1. The van der Waals surface area contributed by atoms with E-state index in [9.17, 15) is 14.0 Å². The van der Waals surface area contributed by atoms with Crippen molar-refractivity contribution in [3.63, 3.8) is 0 Å². The number of likely N-dealkylation sites (N-methyl/N-ethyl adjacent to an activating group) is 1. The van der Waals surface area contributed by atoms with E-state index < -0.39 is 17.5 Å². The highest BCUT2D eigenvalue weighted by molar-refractivity contribution is 6.39. The Labute approximate surface area is 144 Å². The summed E-state index contributed by atoms with van der Waals surface area (Å²) in [6.07, 6.45) is 1.61. The van der Waals surface area contributed by atoms with E-state index in [0.717, 1.165) is 5.56 Å². The van der Waals surface area contributed by atoms with Crippen LogP contribution in [0.1, 0.15) is 11.1 Å². The normalized spacial score (nSPS) is 11.0. The summed E-state index contributed by atoms with van der Waals surface area (Å²) in [6, 6.07) is 12.3. The van der Waals surface area contributed by atoms with Crippen LogP contribution < -0.4 is 5.32 Å². The molecule has 0 unspecified atom stereocenters. The van der Waals surface area contributed by atoms with Gasteiger partial charge in [-0.2, -0.15) is 0 Å². The lowest BCUT2D eigenvalue weighted by Crippen LogP contribution is -2.24. The van der Waals surface area contributed by atoms with Crippen LogP contribution in [0.4, 0.5) is 4.39 Å². The predicted octanol–water partition coefficient (Wildman–Crippen LogP) is 3.89. The summed E-state index contributed by atoms with van der Waals surface area (Å²) in [5.74, 6) is -1.51. The van der Waals surface area contributed by atoms with Gasteiger partial charge in [-0.25, -0.2) is 4.39 Å². The topological polar surface area (TPSA) is 46.2 Å². The van der Waals surface area contributed by atoms with Crippen molar-refractivity contribution in [2.45, 2.75) is 0 Å². The number of hydrogen-bond donors (Lipinski definition) is 1. The standard InChI is InChI=1S/C19H15ClFNO2/c1-12(19(24)22-2)18(23)17(14-5-9-16(21)10-6-14)11-13-3-7-15(20)8-4-13/h3-11H,1H2,2H3,(H,22,24)/b17-11+. The third kappa shape index (κ3) is 4.18. The van der Waals surface area contributed by atoms with Crippen LogP contribution in [0.25, 0.3) is 11.6 Å². The molecule has 0 aromatic heterocycles. The molecule has 0 aliphatic heterocycles. The zero-order valence-corrected chi connectivity index (χ0v) is 13.7. The van der Waals surface area contributed by atoms with Crippen LogP contribution >= 0.6 is 11.6 Å². The number of allylic oxidation sites excluding steroid dienone is 1. The van der Waals surface area contributed by atoms with Gasteiger partial charge >= 0.3 is 0 Å². The first-order chi connectivity index (χ1) is 11.4. The number of rotatable bonds is 5. The minimum atomic E-state index is -0.566. The van der Waals surface area contributed by atoms with E-state index >= 15 is 0 Å². The molecule has 0 aliphatic carbocycles. The second-order valence-corrected chi connectivity index (χ2v) is 5.44. The molecular weight excluding hydrogens is 329 g/mol. The molecule has 0 atom stereocenters. The van der Waals surface area contributed by atoms with Crippen molar-refractivity contribution in [2.24, 2.45) is 0 Å². The average molecular weight is 344 g/mol. The molecule has 0 saturated carbocycles. The van der Waals surface area contributed by atoms with Crippen molar-refractivity contribution in [3.8, 4) is 0 Å². The van der Waals surface area contributed by atoms with Gasteiger partial charge in [0.2, 0.25) is 0 Å². The molecule has 3 nitrogen and oxygen atoms in total. The van der Waals surface area contributed by atoms with Crippen LogP contribution in [0.2, 0.25) is 5.02 Å². The number of Topliss-reactive ketones (excluding diaryl/α,β-unsaturated/α-hetero) is 1. The third-order valence-corrected chi connectivity index (χ3v) is 3.61.